The number of anilines is 1. The number of hydrogen-bond acceptors (Lipinski definition) is 4. The van der Waals surface area contributed by atoms with Gasteiger partial charge >= 0.3 is 0 Å². The van der Waals surface area contributed by atoms with Crippen molar-refractivity contribution >= 4 is 17.5 Å². The van der Waals surface area contributed by atoms with E-state index < -0.39 is 11.9 Å². The highest BCUT2D eigenvalue weighted by atomic mass is 16.5. The van der Waals surface area contributed by atoms with Gasteiger partial charge in [-0.15, -0.1) is 0 Å². The van der Waals surface area contributed by atoms with Gasteiger partial charge in [0, 0.05) is 25.0 Å². The van der Waals surface area contributed by atoms with Crippen LogP contribution >= 0.6 is 0 Å². The zero-order valence-electron chi connectivity index (χ0n) is 11.1. The van der Waals surface area contributed by atoms with Crippen molar-refractivity contribution in [1.29, 1.82) is 0 Å². The fourth-order valence-electron chi connectivity index (χ4n) is 1.56. The van der Waals surface area contributed by atoms with E-state index in [1.54, 1.807) is 32.2 Å². The molecule has 0 fully saturated rings. The van der Waals surface area contributed by atoms with Crippen molar-refractivity contribution in [3.63, 3.8) is 0 Å². The maximum Gasteiger partial charge on any atom is 0.248 e. The Morgan fingerprint density at radius 2 is 2.11 bits per heavy atom. The molecule has 19 heavy (non-hydrogen) atoms. The summed E-state index contributed by atoms with van der Waals surface area (Å²) in [6.45, 7) is 2.21. The largest absolute Gasteiger partial charge is 0.385 e. The summed E-state index contributed by atoms with van der Waals surface area (Å²) in [6, 6.07) is 4.19. The fraction of sp³-hybridized carbons (Fsp3) is 0.385. The predicted octanol–water partition coefficient (Wildman–Crippen LogP) is 0.396. The Labute approximate surface area is 112 Å². The minimum Gasteiger partial charge on any atom is -0.385 e. The number of hydrogen-bond donors (Lipinski definition) is 3. The first-order chi connectivity index (χ1) is 8.95. The number of carbonyl (C=O) groups is 2. The molecule has 5 N–H and O–H groups in total. The van der Waals surface area contributed by atoms with E-state index >= 15 is 0 Å². The first-order valence-corrected chi connectivity index (χ1v) is 5.91. The number of amides is 2. The molecule has 1 aromatic carbocycles. The molecule has 0 aliphatic heterocycles. The number of rotatable bonds is 6. The van der Waals surface area contributed by atoms with Crippen molar-refractivity contribution in [3.05, 3.63) is 29.3 Å². The Balaban J connectivity index is 2.72. The molecular weight excluding hydrogens is 246 g/mol. The predicted molar refractivity (Wildman–Crippen MR) is 72.8 cm³/mol. The summed E-state index contributed by atoms with van der Waals surface area (Å²) >= 11 is 0. The van der Waals surface area contributed by atoms with Crippen LogP contribution in [-0.4, -0.2) is 31.6 Å². The molecule has 0 saturated carbocycles. The van der Waals surface area contributed by atoms with E-state index in [0.717, 1.165) is 5.56 Å². The van der Waals surface area contributed by atoms with Crippen LogP contribution in [0.4, 0.5) is 5.69 Å². The molecule has 6 heteroatoms. The quantitative estimate of drug-likeness (QED) is 0.691. The molecule has 1 atom stereocenters. The standard InChI is InChI=1S/C13H19N3O3/c1-8-7-9(12(15)17)3-4-11(8)16-13(18)10(14)5-6-19-2/h3-4,7,10H,5-6,14H2,1-2H3,(H2,15,17)(H,16,18). The Morgan fingerprint density at radius 1 is 1.42 bits per heavy atom. The van der Waals surface area contributed by atoms with Gasteiger partial charge in [-0.05, 0) is 37.1 Å². The number of aryl methyl sites for hydroxylation is 1. The zero-order valence-corrected chi connectivity index (χ0v) is 11.1. The number of nitrogens with one attached hydrogen (secondary N) is 1. The monoisotopic (exact) mass is 265 g/mol. The van der Waals surface area contributed by atoms with Gasteiger partial charge < -0.3 is 21.5 Å². The average Bonchev–Trinajstić information content (AvgIpc) is 2.37. The molecule has 0 saturated heterocycles. The molecule has 0 bridgehead atoms. The highest BCUT2D eigenvalue weighted by molar-refractivity contribution is 5.97. The number of ether oxygens (including phenoxy) is 1. The molecule has 0 aliphatic rings. The van der Waals surface area contributed by atoms with Crippen LogP contribution in [0.15, 0.2) is 18.2 Å². The Morgan fingerprint density at radius 3 is 2.63 bits per heavy atom. The number of primary amides is 1. The third-order valence-electron chi connectivity index (χ3n) is 2.74. The fourth-order valence-corrected chi connectivity index (χ4v) is 1.56. The van der Waals surface area contributed by atoms with Gasteiger partial charge in [-0.1, -0.05) is 0 Å². The van der Waals surface area contributed by atoms with Crippen molar-refractivity contribution in [3.8, 4) is 0 Å². The second-order valence-corrected chi connectivity index (χ2v) is 4.27. The third-order valence-corrected chi connectivity index (χ3v) is 2.74. The SMILES string of the molecule is COCCC(N)C(=O)Nc1ccc(C(N)=O)cc1C. The van der Waals surface area contributed by atoms with Crippen LogP contribution in [0, 0.1) is 6.92 Å². The molecule has 0 aliphatic carbocycles. The summed E-state index contributed by atoms with van der Waals surface area (Å²) in [5, 5.41) is 2.71. The lowest BCUT2D eigenvalue weighted by atomic mass is 10.1. The first kappa shape index (κ1) is 15.1. The molecule has 0 spiro atoms. The van der Waals surface area contributed by atoms with Crippen molar-refractivity contribution in [2.75, 3.05) is 19.0 Å². The van der Waals surface area contributed by atoms with Crippen molar-refractivity contribution in [1.82, 2.24) is 0 Å². The number of nitrogens with two attached hydrogens (primary N) is 2. The van der Waals surface area contributed by atoms with Crippen LogP contribution in [-0.2, 0) is 9.53 Å². The zero-order chi connectivity index (χ0) is 14.4. The molecule has 1 rings (SSSR count). The molecule has 2 amide bonds. The highest BCUT2D eigenvalue weighted by Gasteiger charge is 2.14. The molecule has 1 unspecified atom stereocenters. The van der Waals surface area contributed by atoms with Gasteiger partial charge in [-0.2, -0.15) is 0 Å². The van der Waals surface area contributed by atoms with E-state index in [1.165, 1.54) is 0 Å². The summed E-state index contributed by atoms with van der Waals surface area (Å²) < 4.78 is 4.87. The van der Waals surface area contributed by atoms with Gasteiger partial charge in [-0.3, -0.25) is 9.59 Å². The lowest BCUT2D eigenvalue weighted by molar-refractivity contribution is -0.117. The van der Waals surface area contributed by atoms with Crippen LogP contribution in [0.25, 0.3) is 0 Å². The minimum atomic E-state index is -0.629. The Hall–Kier alpha value is -1.92. The van der Waals surface area contributed by atoms with Gasteiger partial charge in [-0.25, -0.2) is 0 Å². The maximum absolute atomic E-state index is 11.8. The van der Waals surface area contributed by atoms with Gasteiger partial charge in [0.2, 0.25) is 11.8 Å². The maximum atomic E-state index is 11.8. The normalized spacial score (nSPS) is 11.9. The number of benzene rings is 1. The van der Waals surface area contributed by atoms with E-state index in [0.29, 0.717) is 24.3 Å². The second kappa shape index (κ2) is 6.86. The second-order valence-electron chi connectivity index (χ2n) is 4.27. The molecule has 104 valence electrons. The van der Waals surface area contributed by atoms with Crippen LogP contribution in [0.5, 0.6) is 0 Å². The van der Waals surface area contributed by atoms with Crippen LogP contribution in [0.3, 0.4) is 0 Å². The molecule has 1 aromatic rings. The summed E-state index contributed by atoms with van der Waals surface area (Å²) in [5.41, 5.74) is 12.7. The average molecular weight is 265 g/mol. The van der Waals surface area contributed by atoms with E-state index in [-0.39, 0.29) is 5.91 Å². The smallest absolute Gasteiger partial charge is 0.248 e. The molecule has 0 radical (unpaired) electrons. The van der Waals surface area contributed by atoms with Crippen LogP contribution in [0.1, 0.15) is 22.3 Å². The lowest BCUT2D eigenvalue weighted by Crippen LogP contribution is -2.36. The topological polar surface area (TPSA) is 107 Å². The van der Waals surface area contributed by atoms with Crippen molar-refractivity contribution < 1.29 is 14.3 Å². The van der Waals surface area contributed by atoms with E-state index in [9.17, 15) is 9.59 Å². The van der Waals surface area contributed by atoms with E-state index in [2.05, 4.69) is 5.32 Å². The van der Waals surface area contributed by atoms with Gasteiger partial charge in [0.1, 0.15) is 0 Å². The van der Waals surface area contributed by atoms with Gasteiger partial charge in [0.15, 0.2) is 0 Å². The van der Waals surface area contributed by atoms with Crippen LogP contribution < -0.4 is 16.8 Å². The molecular formula is C13H19N3O3. The van der Waals surface area contributed by atoms with Crippen molar-refractivity contribution in [2.45, 2.75) is 19.4 Å². The van der Waals surface area contributed by atoms with Gasteiger partial charge in [0.25, 0.3) is 0 Å². The molecule has 0 aromatic heterocycles. The van der Waals surface area contributed by atoms with E-state index in [1.807, 2.05) is 0 Å². The minimum absolute atomic E-state index is 0.285. The third kappa shape index (κ3) is 4.35. The molecule has 6 nitrogen and oxygen atoms in total. The Bertz CT molecular complexity index is 474. The highest BCUT2D eigenvalue weighted by Crippen LogP contribution is 2.16. The Kier molecular flexibility index (Phi) is 5.47. The van der Waals surface area contributed by atoms with Crippen molar-refractivity contribution in [2.24, 2.45) is 11.5 Å². The number of carbonyl (C=O) groups excluding carboxylic acids is 2. The van der Waals surface area contributed by atoms with E-state index in [4.69, 9.17) is 16.2 Å². The number of methoxy groups -OCH3 is 1. The summed E-state index contributed by atoms with van der Waals surface area (Å²) in [4.78, 5) is 22.8. The lowest BCUT2D eigenvalue weighted by Gasteiger charge is -2.13. The summed E-state index contributed by atoms with van der Waals surface area (Å²) in [5.74, 6) is -0.787. The first-order valence-electron chi connectivity index (χ1n) is 5.91. The van der Waals surface area contributed by atoms with Crippen LogP contribution in [0.2, 0.25) is 0 Å². The molecule has 0 heterocycles. The summed E-state index contributed by atoms with van der Waals surface area (Å²) in [7, 11) is 1.55. The summed E-state index contributed by atoms with van der Waals surface area (Å²) in [6.07, 6.45) is 0.445. The van der Waals surface area contributed by atoms with Gasteiger partial charge in [0.05, 0.1) is 6.04 Å².